The molecule has 0 radical (unpaired) electrons. The molecule has 1 aromatic carbocycles. The van der Waals surface area contributed by atoms with E-state index in [9.17, 15) is 0 Å². The van der Waals surface area contributed by atoms with Crippen molar-refractivity contribution in [2.75, 3.05) is 32.9 Å². The van der Waals surface area contributed by atoms with Crippen molar-refractivity contribution < 1.29 is 9.47 Å². The van der Waals surface area contributed by atoms with Crippen LogP contribution in [0.3, 0.4) is 0 Å². The van der Waals surface area contributed by atoms with E-state index in [0.717, 1.165) is 60.0 Å². The highest BCUT2D eigenvalue weighted by Crippen LogP contribution is 2.27. The van der Waals surface area contributed by atoms with Crippen molar-refractivity contribution in [3.8, 4) is 16.3 Å². The summed E-state index contributed by atoms with van der Waals surface area (Å²) >= 11 is 1.53. The lowest BCUT2D eigenvalue weighted by molar-refractivity contribution is 0.0328. The van der Waals surface area contributed by atoms with E-state index >= 15 is 0 Å². The number of ether oxygens (including phenoxy) is 2. The molecule has 0 saturated carbocycles. The monoisotopic (exact) mass is 357 g/mol. The summed E-state index contributed by atoms with van der Waals surface area (Å²) in [6.07, 6.45) is 1.73. The summed E-state index contributed by atoms with van der Waals surface area (Å²) in [5.74, 6) is 1.69. The number of aromatic nitrogens is 4. The third kappa shape index (κ3) is 3.55. The first-order valence-electron chi connectivity index (χ1n) is 8.19. The lowest BCUT2D eigenvalue weighted by Gasteiger charge is -2.25. The normalized spacial score (nSPS) is 15.5. The summed E-state index contributed by atoms with van der Waals surface area (Å²) in [6, 6.07) is 7.89. The predicted octanol–water partition coefficient (Wildman–Crippen LogP) is 2.25. The Balaban J connectivity index is 1.53. The fourth-order valence-corrected chi connectivity index (χ4v) is 3.54. The summed E-state index contributed by atoms with van der Waals surface area (Å²) in [6.45, 7) is 8.26. The van der Waals surface area contributed by atoms with Crippen LogP contribution in [0.25, 0.3) is 15.5 Å². The van der Waals surface area contributed by atoms with Gasteiger partial charge in [-0.25, -0.2) is 0 Å². The zero-order chi connectivity index (χ0) is 17.1. The van der Waals surface area contributed by atoms with Gasteiger partial charge >= 0.3 is 0 Å². The largest absolute Gasteiger partial charge is 0.490 e. The lowest BCUT2D eigenvalue weighted by Crippen LogP contribution is -2.36. The second-order valence-corrected chi connectivity index (χ2v) is 6.69. The molecule has 0 N–H and O–H groups in total. The van der Waals surface area contributed by atoms with Crippen molar-refractivity contribution in [2.24, 2.45) is 0 Å². The maximum atomic E-state index is 5.52. The Morgan fingerprint density at radius 1 is 1.20 bits per heavy atom. The van der Waals surface area contributed by atoms with Crippen molar-refractivity contribution >= 4 is 16.3 Å². The van der Waals surface area contributed by atoms with Gasteiger partial charge < -0.3 is 9.47 Å². The molecule has 3 heterocycles. The van der Waals surface area contributed by atoms with Crippen molar-refractivity contribution in [2.45, 2.75) is 6.54 Å². The first-order valence-corrected chi connectivity index (χ1v) is 9.00. The van der Waals surface area contributed by atoms with Crippen LogP contribution in [-0.2, 0) is 11.3 Å². The maximum Gasteiger partial charge on any atom is 0.235 e. The Kier molecular flexibility index (Phi) is 4.73. The molecule has 25 heavy (non-hydrogen) atoms. The zero-order valence-electron chi connectivity index (χ0n) is 13.8. The third-order valence-corrected chi connectivity index (χ3v) is 4.94. The van der Waals surface area contributed by atoms with Gasteiger partial charge in [0.25, 0.3) is 0 Å². The van der Waals surface area contributed by atoms with Crippen molar-refractivity contribution in [3.05, 3.63) is 42.7 Å². The number of morpholine rings is 1. The molecule has 8 heteroatoms. The maximum absolute atomic E-state index is 5.52. The van der Waals surface area contributed by atoms with Gasteiger partial charge in [-0.2, -0.15) is 9.61 Å². The second kappa shape index (κ2) is 7.30. The molecular weight excluding hydrogens is 338 g/mol. The van der Waals surface area contributed by atoms with E-state index in [-0.39, 0.29) is 0 Å². The summed E-state index contributed by atoms with van der Waals surface area (Å²) in [7, 11) is 0. The standard InChI is InChI=1S/C17H19N5O2S/c1-2-9-24-14-5-3-13(4-6-14)16-20-22-15(18-19-17(22)25-16)12-21-7-10-23-11-8-21/h2-6H,1,7-12H2. The molecule has 0 spiro atoms. The van der Waals surface area contributed by atoms with Crippen LogP contribution in [0.2, 0.25) is 0 Å². The molecule has 130 valence electrons. The number of nitrogens with zero attached hydrogens (tertiary/aromatic N) is 5. The van der Waals surface area contributed by atoms with Crippen LogP contribution >= 0.6 is 11.3 Å². The molecular formula is C17H19N5O2S. The van der Waals surface area contributed by atoms with E-state index in [1.807, 2.05) is 28.8 Å². The quantitative estimate of drug-likeness (QED) is 0.631. The Bertz CT molecular complexity index is 852. The Morgan fingerprint density at radius 2 is 2.00 bits per heavy atom. The minimum absolute atomic E-state index is 0.501. The van der Waals surface area contributed by atoms with Crippen LogP contribution in [0, 0.1) is 0 Å². The molecule has 2 aromatic heterocycles. The molecule has 1 saturated heterocycles. The van der Waals surface area contributed by atoms with E-state index in [1.165, 1.54) is 11.3 Å². The summed E-state index contributed by atoms with van der Waals surface area (Å²) < 4.78 is 12.7. The van der Waals surface area contributed by atoms with E-state index in [2.05, 4.69) is 21.7 Å². The Morgan fingerprint density at radius 3 is 2.76 bits per heavy atom. The highest BCUT2D eigenvalue weighted by Gasteiger charge is 2.17. The van der Waals surface area contributed by atoms with Crippen LogP contribution in [-0.4, -0.2) is 57.6 Å². The molecule has 0 unspecified atom stereocenters. The van der Waals surface area contributed by atoms with E-state index in [4.69, 9.17) is 14.6 Å². The van der Waals surface area contributed by atoms with Gasteiger partial charge in [0.1, 0.15) is 17.4 Å². The number of hydrogen-bond acceptors (Lipinski definition) is 7. The molecule has 1 aliphatic heterocycles. The predicted molar refractivity (Wildman–Crippen MR) is 95.9 cm³/mol. The number of rotatable bonds is 6. The van der Waals surface area contributed by atoms with Crippen LogP contribution < -0.4 is 4.74 Å². The molecule has 7 nitrogen and oxygen atoms in total. The van der Waals surface area contributed by atoms with Gasteiger partial charge in [0, 0.05) is 18.7 Å². The lowest BCUT2D eigenvalue weighted by atomic mass is 10.2. The van der Waals surface area contributed by atoms with Gasteiger partial charge in [-0.05, 0) is 24.3 Å². The van der Waals surface area contributed by atoms with Crippen molar-refractivity contribution in [1.29, 1.82) is 0 Å². The molecule has 0 bridgehead atoms. The van der Waals surface area contributed by atoms with E-state index in [0.29, 0.717) is 6.61 Å². The molecule has 1 aliphatic rings. The molecule has 0 atom stereocenters. The summed E-state index contributed by atoms with van der Waals surface area (Å²) in [5.41, 5.74) is 1.04. The van der Waals surface area contributed by atoms with E-state index < -0.39 is 0 Å². The highest BCUT2D eigenvalue weighted by molar-refractivity contribution is 7.19. The SMILES string of the molecule is C=CCOc1ccc(-c2nn3c(CN4CCOCC4)nnc3s2)cc1. The van der Waals surface area contributed by atoms with Gasteiger partial charge in [-0.3, -0.25) is 4.90 Å². The first-order chi connectivity index (χ1) is 12.3. The molecule has 0 amide bonds. The smallest absolute Gasteiger partial charge is 0.235 e. The fraction of sp³-hybridized carbons (Fsp3) is 0.353. The first kappa shape index (κ1) is 16.2. The van der Waals surface area contributed by atoms with E-state index in [1.54, 1.807) is 6.08 Å². The second-order valence-electron chi connectivity index (χ2n) is 5.73. The van der Waals surface area contributed by atoms with Crippen LogP contribution in [0.1, 0.15) is 5.82 Å². The molecule has 3 aromatic rings. The van der Waals surface area contributed by atoms with Crippen molar-refractivity contribution in [3.63, 3.8) is 0 Å². The van der Waals surface area contributed by atoms with Gasteiger partial charge in [0.15, 0.2) is 5.82 Å². The number of fused-ring (bicyclic) bond motifs is 1. The summed E-state index contributed by atoms with van der Waals surface area (Å²) in [5, 5.41) is 14.2. The topological polar surface area (TPSA) is 64.8 Å². The van der Waals surface area contributed by atoms with Gasteiger partial charge in [-0.1, -0.05) is 24.0 Å². The van der Waals surface area contributed by atoms with Crippen LogP contribution in [0.15, 0.2) is 36.9 Å². The third-order valence-electron chi connectivity index (χ3n) is 3.99. The average molecular weight is 357 g/mol. The van der Waals surface area contributed by atoms with Gasteiger partial charge in [0.2, 0.25) is 4.96 Å². The minimum Gasteiger partial charge on any atom is -0.490 e. The minimum atomic E-state index is 0.501. The van der Waals surface area contributed by atoms with Crippen LogP contribution in [0.5, 0.6) is 5.75 Å². The molecule has 4 rings (SSSR count). The molecule has 1 fully saturated rings. The summed E-state index contributed by atoms with van der Waals surface area (Å²) in [4.78, 5) is 3.12. The van der Waals surface area contributed by atoms with Gasteiger partial charge in [-0.15, -0.1) is 10.2 Å². The highest BCUT2D eigenvalue weighted by atomic mass is 32.1. The van der Waals surface area contributed by atoms with Crippen LogP contribution in [0.4, 0.5) is 0 Å². The fourth-order valence-electron chi connectivity index (χ4n) is 2.68. The number of hydrogen-bond donors (Lipinski definition) is 0. The number of benzene rings is 1. The molecule has 0 aliphatic carbocycles. The Labute approximate surface area is 149 Å². The Hall–Kier alpha value is -2.29. The zero-order valence-corrected chi connectivity index (χ0v) is 14.6. The van der Waals surface area contributed by atoms with Gasteiger partial charge in [0.05, 0.1) is 19.8 Å². The van der Waals surface area contributed by atoms with Crippen molar-refractivity contribution in [1.82, 2.24) is 24.7 Å². The average Bonchev–Trinajstić information content (AvgIpc) is 3.23.